The van der Waals surface area contributed by atoms with Gasteiger partial charge in [0.25, 0.3) is 5.91 Å². The number of nitrogens with zero attached hydrogens (tertiary/aromatic N) is 4. The average Bonchev–Trinajstić information content (AvgIpc) is 3.57. The number of fused-ring (bicyclic) bond motifs is 1. The second kappa shape index (κ2) is 9.93. The van der Waals surface area contributed by atoms with Gasteiger partial charge < -0.3 is 20.3 Å². The van der Waals surface area contributed by atoms with Crippen LogP contribution in [0.2, 0.25) is 0 Å². The van der Waals surface area contributed by atoms with E-state index in [9.17, 15) is 9.59 Å². The van der Waals surface area contributed by atoms with Crippen LogP contribution in [0.3, 0.4) is 0 Å². The summed E-state index contributed by atoms with van der Waals surface area (Å²) >= 11 is 0. The van der Waals surface area contributed by atoms with Gasteiger partial charge >= 0.3 is 0 Å². The van der Waals surface area contributed by atoms with Crippen molar-refractivity contribution >= 4 is 35.0 Å². The summed E-state index contributed by atoms with van der Waals surface area (Å²) in [5, 5.41) is 8.22. The Kier molecular flexibility index (Phi) is 6.70. The van der Waals surface area contributed by atoms with Crippen molar-refractivity contribution in [3.63, 3.8) is 0 Å². The lowest BCUT2D eigenvalue weighted by atomic mass is 9.91. The molecule has 3 heterocycles. The van der Waals surface area contributed by atoms with Gasteiger partial charge in [-0.3, -0.25) is 15.0 Å². The first kappa shape index (κ1) is 24.3. The van der Waals surface area contributed by atoms with E-state index in [1.807, 2.05) is 18.9 Å². The predicted octanol–water partition coefficient (Wildman–Crippen LogP) is 3.70. The van der Waals surface area contributed by atoms with Gasteiger partial charge in [0.05, 0.1) is 24.4 Å². The van der Waals surface area contributed by atoms with E-state index in [1.54, 1.807) is 31.5 Å². The van der Waals surface area contributed by atoms with Crippen molar-refractivity contribution < 1.29 is 14.3 Å². The zero-order valence-corrected chi connectivity index (χ0v) is 21.3. The largest absolute Gasteiger partial charge is 0.495 e. The third kappa shape index (κ3) is 4.95. The second-order valence-corrected chi connectivity index (χ2v) is 10.5. The molecule has 0 atom stereocenters. The van der Waals surface area contributed by atoms with Crippen LogP contribution in [0, 0.1) is 5.41 Å². The Morgan fingerprint density at radius 2 is 1.92 bits per heavy atom. The number of nitrogens with one attached hydrogen (secondary N) is 3. The first-order valence-corrected chi connectivity index (χ1v) is 12.8. The zero-order chi connectivity index (χ0) is 25.3. The highest BCUT2D eigenvalue weighted by molar-refractivity contribution is 5.99. The fourth-order valence-electron chi connectivity index (χ4n) is 5.22. The summed E-state index contributed by atoms with van der Waals surface area (Å²) < 4.78 is 5.58. The van der Waals surface area contributed by atoms with E-state index in [0.717, 1.165) is 44.6 Å². The zero-order valence-electron chi connectivity index (χ0n) is 21.3. The minimum atomic E-state index is -0.550. The van der Waals surface area contributed by atoms with E-state index in [2.05, 4.69) is 25.9 Å². The highest BCUT2D eigenvalue weighted by Gasteiger charge is 2.39. The van der Waals surface area contributed by atoms with Gasteiger partial charge in [0.15, 0.2) is 5.82 Å². The number of hydrazine groups is 1. The van der Waals surface area contributed by atoms with E-state index in [1.165, 1.54) is 12.8 Å². The standard InChI is InChI=1S/C26H35N7O3/c1-26(2)16-33(18-8-4-5-9-18)22-20(28-24(26)35)15-27-25(30-22)29-19-11-10-17(14-21(19)36-3)23(34)31-32-12-6-7-13-32/h10-11,14-15,18H,4-9,12-13,16H2,1-3H3,(H,28,35)(H,31,34)(H,27,29,30). The number of methoxy groups -OCH3 is 1. The number of hydrogen-bond acceptors (Lipinski definition) is 8. The Morgan fingerprint density at radius 3 is 2.64 bits per heavy atom. The van der Waals surface area contributed by atoms with Crippen molar-refractivity contribution in [3.05, 3.63) is 30.0 Å². The van der Waals surface area contributed by atoms with Crippen molar-refractivity contribution in [2.24, 2.45) is 5.41 Å². The molecule has 36 heavy (non-hydrogen) atoms. The molecule has 5 rings (SSSR count). The fraction of sp³-hybridized carbons (Fsp3) is 0.538. The first-order valence-electron chi connectivity index (χ1n) is 12.8. The summed E-state index contributed by atoms with van der Waals surface area (Å²) in [6.07, 6.45) is 8.39. The first-order chi connectivity index (χ1) is 17.3. The smallest absolute Gasteiger partial charge is 0.265 e. The van der Waals surface area contributed by atoms with E-state index < -0.39 is 5.41 Å². The van der Waals surface area contributed by atoms with E-state index in [0.29, 0.717) is 41.2 Å². The third-order valence-corrected chi connectivity index (χ3v) is 7.31. The number of hydrogen-bond donors (Lipinski definition) is 3. The minimum Gasteiger partial charge on any atom is -0.495 e. The van der Waals surface area contributed by atoms with E-state index >= 15 is 0 Å². The molecule has 192 valence electrons. The van der Waals surface area contributed by atoms with Gasteiger partial charge in [-0.15, -0.1) is 0 Å². The molecule has 0 radical (unpaired) electrons. The lowest BCUT2D eigenvalue weighted by Crippen LogP contribution is -2.43. The van der Waals surface area contributed by atoms with Crippen LogP contribution in [0.5, 0.6) is 5.75 Å². The van der Waals surface area contributed by atoms with Gasteiger partial charge in [0.1, 0.15) is 11.4 Å². The van der Waals surface area contributed by atoms with Crippen LogP contribution in [0.1, 0.15) is 62.7 Å². The summed E-state index contributed by atoms with van der Waals surface area (Å²) in [6, 6.07) is 5.62. The second-order valence-electron chi connectivity index (χ2n) is 10.5. The average molecular weight is 494 g/mol. The Morgan fingerprint density at radius 1 is 1.17 bits per heavy atom. The molecule has 1 aliphatic carbocycles. The SMILES string of the molecule is COc1cc(C(=O)NN2CCCC2)ccc1Nc1ncc2c(n1)N(C1CCCC1)CC(C)(C)C(=O)N2. The molecule has 1 aromatic heterocycles. The molecule has 10 heteroatoms. The number of ether oxygens (including phenoxy) is 1. The normalized spacial score (nSPS) is 20.0. The van der Waals surface area contributed by atoms with Gasteiger partial charge in [0.2, 0.25) is 11.9 Å². The van der Waals surface area contributed by atoms with Crippen LogP contribution in [0.15, 0.2) is 24.4 Å². The third-order valence-electron chi connectivity index (χ3n) is 7.31. The number of rotatable bonds is 6. The summed E-state index contributed by atoms with van der Waals surface area (Å²) in [7, 11) is 1.57. The van der Waals surface area contributed by atoms with Crippen LogP contribution >= 0.6 is 0 Å². The number of amides is 2. The molecular formula is C26H35N7O3. The van der Waals surface area contributed by atoms with Crippen molar-refractivity contribution in [1.29, 1.82) is 0 Å². The molecule has 1 aromatic carbocycles. The highest BCUT2D eigenvalue weighted by atomic mass is 16.5. The summed E-state index contributed by atoms with van der Waals surface area (Å²) in [5.41, 5.74) is 4.20. The molecule has 3 aliphatic rings. The summed E-state index contributed by atoms with van der Waals surface area (Å²) in [5.74, 6) is 1.47. The topological polar surface area (TPSA) is 112 Å². The van der Waals surface area contributed by atoms with Crippen molar-refractivity contribution in [3.8, 4) is 5.75 Å². The van der Waals surface area contributed by atoms with Gasteiger partial charge in [-0.2, -0.15) is 4.98 Å². The Hall–Kier alpha value is -3.40. The molecule has 2 aromatic rings. The molecule has 1 saturated heterocycles. The molecular weight excluding hydrogens is 458 g/mol. The summed E-state index contributed by atoms with van der Waals surface area (Å²) in [4.78, 5) is 37.1. The van der Waals surface area contributed by atoms with Crippen LogP contribution in [-0.2, 0) is 4.79 Å². The molecule has 1 saturated carbocycles. The van der Waals surface area contributed by atoms with Gasteiger partial charge in [0, 0.05) is 31.2 Å². The number of aromatic nitrogens is 2. The van der Waals surface area contributed by atoms with Gasteiger partial charge in [-0.25, -0.2) is 9.99 Å². The van der Waals surface area contributed by atoms with Crippen LogP contribution < -0.4 is 25.7 Å². The molecule has 10 nitrogen and oxygen atoms in total. The van der Waals surface area contributed by atoms with Gasteiger partial charge in [-0.1, -0.05) is 12.8 Å². The van der Waals surface area contributed by atoms with Crippen LogP contribution in [0.25, 0.3) is 0 Å². The maximum absolute atomic E-state index is 12.9. The number of carbonyl (C=O) groups excluding carboxylic acids is 2. The quantitative estimate of drug-likeness (QED) is 0.559. The monoisotopic (exact) mass is 493 g/mol. The fourth-order valence-corrected chi connectivity index (χ4v) is 5.22. The molecule has 2 amide bonds. The van der Waals surface area contributed by atoms with Crippen LogP contribution in [0.4, 0.5) is 23.1 Å². The molecule has 2 fully saturated rings. The summed E-state index contributed by atoms with van der Waals surface area (Å²) in [6.45, 7) is 6.27. The van der Waals surface area contributed by atoms with E-state index in [-0.39, 0.29) is 11.8 Å². The maximum atomic E-state index is 12.9. The number of anilines is 4. The van der Waals surface area contributed by atoms with E-state index in [4.69, 9.17) is 9.72 Å². The Balaban J connectivity index is 1.40. The van der Waals surface area contributed by atoms with Gasteiger partial charge in [-0.05, 0) is 57.7 Å². The Bertz CT molecular complexity index is 1140. The molecule has 0 spiro atoms. The highest BCUT2D eigenvalue weighted by Crippen LogP contribution is 2.38. The number of carbonyl (C=O) groups is 2. The lowest BCUT2D eigenvalue weighted by Gasteiger charge is -2.34. The maximum Gasteiger partial charge on any atom is 0.265 e. The van der Waals surface area contributed by atoms with Crippen molar-refractivity contribution in [2.45, 2.75) is 58.4 Å². The van der Waals surface area contributed by atoms with Crippen molar-refractivity contribution in [1.82, 2.24) is 20.4 Å². The molecule has 0 bridgehead atoms. The predicted molar refractivity (Wildman–Crippen MR) is 139 cm³/mol. The number of benzene rings is 1. The van der Waals surface area contributed by atoms with Crippen molar-refractivity contribution in [2.75, 3.05) is 42.3 Å². The minimum absolute atomic E-state index is 0.0296. The molecule has 2 aliphatic heterocycles. The Labute approximate surface area is 211 Å². The van der Waals surface area contributed by atoms with Crippen LogP contribution in [-0.4, -0.2) is 59.6 Å². The lowest BCUT2D eigenvalue weighted by molar-refractivity contribution is -0.123. The molecule has 0 unspecified atom stereocenters. The molecule has 3 N–H and O–H groups in total.